The van der Waals surface area contributed by atoms with Crippen LogP contribution in [0.1, 0.15) is 49.8 Å². The molecule has 4 nitrogen and oxygen atoms in total. The Hall–Kier alpha value is -0.900. The minimum absolute atomic E-state index is 0.535. The molecule has 3 rings (SSSR count). The van der Waals surface area contributed by atoms with Gasteiger partial charge in [0.1, 0.15) is 0 Å². The number of nitrogens with zero attached hydrogens (tertiary/aromatic N) is 3. The Balaban J connectivity index is 1.74. The minimum Gasteiger partial charge on any atom is -0.315 e. The lowest BCUT2D eigenvalue weighted by Gasteiger charge is -2.07. The van der Waals surface area contributed by atoms with Gasteiger partial charge < -0.3 is 5.32 Å². The predicted octanol–water partition coefficient (Wildman–Crippen LogP) is 1.47. The van der Waals surface area contributed by atoms with Crippen LogP contribution in [0.4, 0.5) is 0 Å². The van der Waals surface area contributed by atoms with Crippen LogP contribution in [0.15, 0.2) is 6.20 Å². The predicted molar refractivity (Wildman–Crippen MR) is 57.8 cm³/mol. The number of hydrogen-bond acceptors (Lipinski definition) is 3. The maximum Gasteiger partial charge on any atom is 0.0858 e. The van der Waals surface area contributed by atoms with E-state index in [0.29, 0.717) is 12.0 Å². The molecule has 1 saturated carbocycles. The summed E-state index contributed by atoms with van der Waals surface area (Å²) < 4.78 is 2.06. The lowest BCUT2D eigenvalue weighted by atomic mass is 10.1. The Labute approximate surface area is 90.0 Å². The molecule has 1 N–H and O–H groups in total. The Morgan fingerprint density at radius 2 is 2.13 bits per heavy atom. The summed E-state index contributed by atoms with van der Waals surface area (Å²) in [6.45, 7) is 2.16. The van der Waals surface area contributed by atoms with E-state index in [1.165, 1.54) is 37.8 Å². The summed E-state index contributed by atoms with van der Waals surface area (Å²) >= 11 is 0. The van der Waals surface area contributed by atoms with Crippen LogP contribution in [-0.4, -0.2) is 28.1 Å². The molecule has 1 unspecified atom stereocenters. The van der Waals surface area contributed by atoms with Crippen LogP contribution < -0.4 is 5.32 Å². The molecule has 2 heterocycles. The van der Waals surface area contributed by atoms with Crippen molar-refractivity contribution in [3.05, 3.63) is 11.9 Å². The molecule has 1 aliphatic heterocycles. The molecule has 1 aromatic heterocycles. The lowest BCUT2D eigenvalue weighted by Crippen LogP contribution is -2.13. The highest BCUT2D eigenvalue weighted by atomic mass is 15.4. The topological polar surface area (TPSA) is 42.7 Å². The average Bonchev–Trinajstić information content (AvgIpc) is 3.02. The largest absolute Gasteiger partial charge is 0.315 e. The van der Waals surface area contributed by atoms with E-state index in [1.807, 2.05) is 0 Å². The second kappa shape index (κ2) is 3.93. The van der Waals surface area contributed by atoms with E-state index < -0.39 is 0 Å². The van der Waals surface area contributed by atoms with Crippen LogP contribution in [0, 0.1) is 0 Å². The number of hydrogen-bond donors (Lipinski definition) is 1. The zero-order valence-corrected chi connectivity index (χ0v) is 9.02. The molecule has 82 valence electrons. The minimum atomic E-state index is 0.535. The van der Waals surface area contributed by atoms with Gasteiger partial charge in [-0.25, -0.2) is 4.68 Å². The first-order valence-corrected chi connectivity index (χ1v) is 6.06. The molecule has 1 aliphatic carbocycles. The van der Waals surface area contributed by atoms with Crippen LogP contribution >= 0.6 is 0 Å². The molecule has 4 heteroatoms. The number of rotatable bonds is 2. The van der Waals surface area contributed by atoms with Gasteiger partial charge in [-0.15, -0.1) is 5.10 Å². The summed E-state index contributed by atoms with van der Waals surface area (Å²) in [5, 5.41) is 12.0. The second-order valence-corrected chi connectivity index (χ2v) is 4.75. The van der Waals surface area contributed by atoms with E-state index >= 15 is 0 Å². The zero-order valence-electron chi connectivity index (χ0n) is 9.02. The van der Waals surface area contributed by atoms with Crippen molar-refractivity contribution in [2.75, 3.05) is 13.1 Å². The molecule has 0 bridgehead atoms. The van der Waals surface area contributed by atoms with E-state index in [0.717, 1.165) is 13.1 Å². The smallest absolute Gasteiger partial charge is 0.0858 e. The van der Waals surface area contributed by atoms with Crippen molar-refractivity contribution >= 4 is 0 Å². The van der Waals surface area contributed by atoms with Gasteiger partial charge in [-0.2, -0.15) is 0 Å². The molecular weight excluding hydrogens is 188 g/mol. The fourth-order valence-corrected chi connectivity index (χ4v) is 2.74. The van der Waals surface area contributed by atoms with Gasteiger partial charge in [-0.1, -0.05) is 18.1 Å². The molecule has 0 radical (unpaired) electrons. The third-order valence-corrected chi connectivity index (χ3v) is 3.71. The first-order chi connectivity index (χ1) is 7.43. The van der Waals surface area contributed by atoms with Gasteiger partial charge in [-0.05, 0) is 25.8 Å². The van der Waals surface area contributed by atoms with Crippen LogP contribution in [0.2, 0.25) is 0 Å². The molecule has 0 spiro atoms. The van der Waals surface area contributed by atoms with Gasteiger partial charge >= 0.3 is 0 Å². The molecule has 15 heavy (non-hydrogen) atoms. The number of aromatic nitrogens is 3. The standard InChI is InChI=1S/C11H18N4/c1-2-4-9(3-1)11-8-15(14-13-11)10-5-6-12-7-10/h8-10,12H,1-7H2. The van der Waals surface area contributed by atoms with Gasteiger partial charge in [-0.3, -0.25) is 0 Å². The van der Waals surface area contributed by atoms with E-state index in [9.17, 15) is 0 Å². The third-order valence-electron chi connectivity index (χ3n) is 3.71. The van der Waals surface area contributed by atoms with Crippen molar-refractivity contribution < 1.29 is 0 Å². The summed E-state index contributed by atoms with van der Waals surface area (Å²) in [7, 11) is 0. The second-order valence-electron chi connectivity index (χ2n) is 4.75. The first-order valence-electron chi connectivity index (χ1n) is 6.06. The van der Waals surface area contributed by atoms with Crippen LogP contribution in [-0.2, 0) is 0 Å². The van der Waals surface area contributed by atoms with Crippen LogP contribution in [0.5, 0.6) is 0 Å². The maximum absolute atomic E-state index is 4.33. The van der Waals surface area contributed by atoms with Gasteiger partial charge in [0.2, 0.25) is 0 Å². The molecule has 1 atom stereocenters. The molecule has 2 aliphatic rings. The van der Waals surface area contributed by atoms with Gasteiger partial charge in [0, 0.05) is 18.7 Å². The SMILES string of the molecule is c1c(C2CCCC2)nnn1C1CCNC1. The van der Waals surface area contributed by atoms with Gasteiger partial charge in [0.05, 0.1) is 11.7 Å². The molecule has 1 saturated heterocycles. The summed E-state index contributed by atoms with van der Waals surface area (Å²) in [6.07, 6.45) is 8.70. The number of nitrogens with one attached hydrogen (secondary N) is 1. The summed E-state index contributed by atoms with van der Waals surface area (Å²) in [5.74, 6) is 0.688. The summed E-state index contributed by atoms with van der Waals surface area (Å²) in [6, 6.07) is 0.535. The normalized spacial score (nSPS) is 27.6. The highest BCUT2D eigenvalue weighted by Crippen LogP contribution is 2.33. The molecule has 0 amide bonds. The Morgan fingerprint density at radius 1 is 1.27 bits per heavy atom. The summed E-state index contributed by atoms with van der Waals surface area (Å²) in [5.41, 5.74) is 1.22. The first kappa shape index (κ1) is 9.33. The third kappa shape index (κ3) is 1.78. The highest BCUT2D eigenvalue weighted by molar-refractivity contribution is 5.04. The van der Waals surface area contributed by atoms with Crippen LogP contribution in [0.25, 0.3) is 0 Å². The van der Waals surface area contributed by atoms with Crippen molar-refractivity contribution in [1.82, 2.24) is 20.3 Å². The molecule has 0 aromatic carbocycles. The van der Waals surface area contributed by atoms with Crippen molar-refractivity contribution in [2.45, 2.75) is 44.1 Å². The average molecular weight is 206 g/mol. The Bertz CT molecular complexity index is 291. The quantitative estimate of drug-likeness (QED) is 0.796. The monoisotopic (exact) mass is 206 g/mol. The highest BCUT2D eigenvalue weighted by Gasteiger charge is 2.22. The molecule has 2 fully saturated rings. The summed E-state index contributed by atoms with van der Waals surface area (Å²) in [4.78, 5) is 0. The fourth-order valence-electron chi connectivity index (χ4n) is 2.74. The Morgan fingerprint density at radius 3 is 2.87 bits per heavy atom. The van der Waals surface area contributed by atoms with E-state index in [1.54, 1.807) is 0 Å². The maximum atomic E-state index is 4.33. The van der Waals surface area contributed by atoms with Gasteiger partial charge in [0.15, 0.2) is 0 Å². The molecule has 1 aromatic rings. The van der Waals surface area contributed by atoms with Crippen LogP contribution in [0.3, 0.4) is 0 Å². The zero-order chi connectivity index (χ0) is 10.1. The van der Waals surface area contributed by atoms with Crippen molar-refractivity contribution in [3.63, 3.8) is 0 Å². The van der Waals surface area contributed by atoms with E-state index in [2.05, 4.69) is 26.5 Å². The Kier molecular flexibility index (Phi) is 2.44. The van der Waals surface area contributed by atoms with E-state index in [4.69, 9.17) is 0 Å². The molecular formula is C11H18N4. The fraction of sp³-hybridized carbons (Fsp3) is 0.818. The van der Waals surface area contributed by atoms with E-state index in [-0.39, 0.29) is 0 Å². The van der Waals surface area contributed by atoms with Crippen molar-refractivity contribution in [1.29, 1.82) is 0 Å². The van der Waals surface area contributed by atoms with Gasteiger partial charge in [0.25, 0.3) is 0 Å². The van der Waals surface area contributed by atoms with Crippen molar-refractivity contribution in [3.8, 4) is 0 Å². The van der Waals surface area contributed by atoms with Crippen molar-refractivity contribution in [2.24, 2.45) is 0 Å². The lowest BCUT2D eigenvalue weighted by molar-refractivity contribution is 0.476.